The summed E-state index contributed by atoms with van der Waals surface area (Å²) in [7, 11) is 0. The molecule has 2 nitrogen and oxygen atoms in total. The van der Waals surface area contributed by atoms with Crippen molar-refractivity contribution >= 4 is 0 Å². The van der Waals surface area contributed by atoms with Gasteiger partial charge in [-0.05, 0) is 37.4 Å². The SMILES string of the molecule is [Rf].c1ccc(CC[N-]C[C@@H]2CCCN2)cc1. The molecule has 1 fully saturated rings. The van der Waals surface area contributed by atoms with Gasteiger partial charge in [-0.2, -0.15) is 0 Å². The fourth-order valence-electron chi connectivity index (χ4n) is 2.01. The van der Waals surface area contributed by atoms with Gasteiger partial charge in [0.05, 0.1) is 0 Å². The monoisotopic (exact) mass is 470 g/mol. The smallest absolute Gasteiger partial charge is 0 e. The number of hydrogen-bond acceptors (Lipinski definition) is 1. The van der Waals surface area contributed by atoms with E-state index < -0.39 is 0 Å². The molecule has 16 heavy (non-hydrogen) atoms. The summed E-state index contributed by atoms with van der Waals surface area (Å²) in [4.78, 5) is 0. The molecule has 3 heteroatoms. The summed E-state index contributed by atoms with van der Waals surface area (Å²) in [6, 6.07) is 11.2. The summed E-state index contributed by atoms with van der Waals surface area (Å²) in [5.41, 5.74) is 1.39. The van der Waals surface area contributed by atoms with Crippen LogP contribution in [0.25, 0.3) is 5.32 Å². The van der Waals surface area contributed by atoms with Crippen LogP contribution in [0.3, 0.4) is 0 Å². The molecule has 0 aliphatic carbocycles. The number of nitrogens with zero attached hydrogens (tertiary/aromatic N) is 1. The van der Waals surface area contributed by atoms with E-state index in [4.69, 9.17) is 0 Å². The van der Waals surface area contributed by atoms with Crippen molar-refractivity contribution in [3.63, 3.8) is 0 Å². The maximum absolute atomic E-state index is 4.59. The largest absolute Gasteiger partial charge is 0.661 e. The minimum absolute atomic E-state index is 0. The maximum atomic E-state index is 4.59. The van der Waals surface area contributed by atoms with E-state index in [2.05, 4.69) is 41.0 Å². The van der Waals surface area contributed by atoms with Crippen LogP contribution in [-0.2, 0) is 6.42 Å². The number of hydrogen-bond donors (Lipinski definition) is 1. The van der Waals surface area contributed by atoms with Gasteiger partial charge in [-0.15, -0.1) is 13.1 Å². The maximum Gasteiger partial charge on any atom is 0 e. The second-order valence-electron chi connectivity index (χ2n) is 4.16. The third kappa shape index (κ3) is 3.71. The Hall–Kier alpha value is -1.86. The summed E-state index contributed by atoms with van der Waals surface area (Å²) in [6.45, 7) is 3.13. The zero-order chi connectivity index (χ0) is 10.3. The zero-order valence-corrected chi connectivity index (χ0v) is 16.3. The predicted octanol–water partition coefficient (Wildman–Crippen LogP) is 2.35. The van der Waals surface area contributed by atoms with Crippen LogP contribution >= 0.6 is 0 Å². The van der Waals surface area contributed by atoms with Crippen LogP contribution in [0, 0.1) is 0 Å². The molecule has 0 amide bonds. The van der Waals surface area contributed by atoms with Gasteiger partial charge in [-0.25, -0.2) is 0 Å². The summed E-state index contributed by atoms with van der Waals surface area (Å²) in [5, 5.41) is 8.05. The third-order valence-corrected chi connectivity index (χ3v) is 2.91. The molecule has 84 valence electrons. The van der Waals surface area contributed by atoms with Crippen LogP contribution in [0.2, 0.25) is 0 Å². The van der Waals surface area contributed by atoms with Crippen molar-refractivity contribution in [1.29, 1.82) is 0 Å². The Kier molecular flexibility index (Phi) is 5.03. The Morgan fingerprint density at radius 3 is 2.75 bits per heavy atom. The molecule has 0 spiro atoms. The first kappa shape index (κ1) is 12.2. The molecule has 0 aromatic heterocycles. The number of rotatable bonds is 5. The molecule has 1 aromatic carbocycles. The summed E-state index contributed by atoms with van der Waals surface area (Å²) in [6.07, 6.45) is 3.70. The van der Waals surface area contributed by atoms with Crippen LogP contribution in [0.4, 0.5) is 0 Å². The van der Waals surface area contributed by atoms with Crippen molar-refractivity contribution in [2.75, 3.05) is 19.6 Å². The van der Waals surface area contributed by atoms with E-state index in [-0.39, 0.29) is 0 Å². The number of nitrogens with one attached hydrogen (secondary N) is 1. The van der Waals surface area contributed by atoms with Gasteiger partial charge in [0.2, 0.25) is 0 Å². The first-order chi connectivity index (χ1) is 7.45. The van der Waals surface area contributed by atoms with Gasteiger partial charge in [0.15, 0.2) is 0 Å². The van der Waals surface area contributed by atoms with Gasteiger partial charge >= 0.3 is 0 Å². The molecule has 0 radical (unpaired) electrons. The van der Waals surface area contributed by atoms with Crippen molar-refractivity contribution in [3.8, 4) is 0 Å². The fourth-order valence-corrected chi connectivity index (χ4v) is 2.01. The molecule has 0 saturated carbocycles. The third-order valence-electron chi connectivity index (χ3n) is 2.91. The Balaban J connectivity index is 0.00000128. The summed E-state index contributed by atoms with van der Waals surface area (Å²) < 4.78 is 0. The standard InChI is InChI=1S/C13H19N2.Rf/c1-2-5-12(6-3-1)8-10-14-11-13-7-4-9-15-13;/h1-3,5-6,13,15H,4,7-11H2;/q-1;/t13-;/m0./s1. The van der Waals surface area contributed by atoms with Crippen LogP contribution in [0.5, 0.6) is 0 Å². The number of benzene rings is 1. The summed E-state index contributed by atoms with van der Waals surface area (Å²) in [5.74, 6) is 0. The molecule has 1 saturated heterocycles. The van der Waals surface area contributed by atoms with E-state index in [1.54, 1.807) is 0 Å². The Morgan fingerprint density at radius 1 is 1.25 bits per heavy atom. The van der Waals surface area contributed by atoms with E-state index in [1.165, 1.54) is 24.9 Å². The second-order valence-corrected chi connectivity index (χ2v) is 4.16. The molecule has 0 unspecified atom stereocenters. The van der Waals surface area contributed by atoms with Crippen molar-refractivity contribution in [1.82, 2.24) is 5.32 Å². The zero-order valence-electron chi connectivity index (χ0n) is 9.86. The average Bonchev–Trinajstić information content (AvgIpc) is 2.79. The fraction of sp³-hybridized carbons (Fsp3) is 0.538. The first-order valence-electron chi connectivity index (χ1n) is 5.86. The van der Waals surface area contributed by atoms with Gasteiger partial charge in [0.1, 0.15) is 0 Å². The van der Waals surface area contributed by atoms with Crippen molar-refractivity contribution in [2.24, 2.45) is 0 Å². The van der Waals surface area contributed by atoms with Crippen molar-refractivity contribution in [3.05, 3.63) is 41.2 Å². The Labute approximate surface area is 92.1 Å². The molecule has 1 atom stereocenters. The molecule has 0 bridgehead atoms. The minimum atomic E-state index is 0. The molecule has 1 N–H and O–H groups in total. The van der Waals surface area contributed by atoms with E-state index in [0.717, 1.165) is 19.5 Å². The van der Waals surface area contributed by atoms with Crippen LogP contribution in [0.15, 0.2) is 30.3 Å². The first-order valence-corrected chi connectivity index (χ1v) is 5.86. The molecule has 1 aromatic rings. The van der Waals surface area contributed by atoms with Crippen molar-refractivity contribution < 1.29 is 0 Å². The molecule has 1 heterocycles. The van der Waals surface area contributed by atoms with Crippen LogP contribution in [-0.4, -0.2) is 25.7 Å². The predicted molar refractivity (Wildman–Crippen MR) is 64.3 cm³/mol. The molecular formula is C13H19N2Rf-. The normalized spacial score (nSPS) is 19.4. The van der Waals surface area contributed by atoms with Gasteiger partial charge in [0.25, 0.3) is 0 Å². The van der Waals surface area contributed by atoms with E-state index in [0.29, 0.717) is 6.04 Å². The molecule has 1 aliphatic heterocycles. The van der Waals surface area contributed by atoms with Crippen molar-refractivity contribution in [2.45, 2.75) is 25.3 Å². The Morgan fingerprint density at radius 2 is 2.06 bits per heavy atom. The molecular weight excluding hydrogens is 451 g/mol. The van der Waals surface area contributed by atoms with Crippen LogP contribution < -0.4 is 5.32 Å². The molecule has 2 rings (SSSR count). The van der Waals surface area contributed by atoms with Crippen LogP contribution in [0.1, 0.15) is 18.4 Å². The Bertz CT molecular complexity index is 271. The quantitative estimate of drug-likeness (QED) is 0.658. The summed E-state index contributed by atoms with van der Waals surface area (Å²) >= 11 is 0. The average molecular weight is 470 g/mol. The molecule has 1 aliphatic rings. The minimum Gasteiger partial charge on any atom is -0.661 e. The van der Waals surface area contributed by atoms with Gasteiger partial charge in [-0.3, -0.25) is 0 Å². The van der Waals surface area contributed by atoms with Gasteiger partial charge in [-0.1, -0.05) is 30.3 Å². The van der Waals surface area contributed by atoms with E-state index >= 15 is 0 Å². The second kappa shape index (κ2) is 6.59. The topological polar surface area (TPSA) is 26.1 Å². The van der Waals surface area contributed by atoms with Gasteiger partial charge < -0.3 is 10.6 Å². The van der Waals surface area contributed by atoms with E-state index in [1.807, 2.05) is 0 Å². The van der Waals surface area contributed by atoms with E-state index in [9.17, 15) is 0 Å². The van der Waals surface area contributed by atoms with Gasteiger partial charge in [0, 0.05) is 0 Å².